The van der Waals surface area contributed by atoms with Crippen molar-refractivity contribution in [2.24, 2.45) is 0 Å². The number of hydrogen-bond acceptors (Lipinski definition) is 6. The molecule has 0 aromatic heterocycles. The van der Waals surface area contributed by atoms with Gasteiger partial charge >= 0.3 is 0 Å². The summed E-state index contributed by atoms with van der Waals surface area (Å²) in [5, 5.41) is 0.389. The molecule has 0 spiro atoms. The molecule has 3 aromatic carbocycles. The number of fused-ring (bicyclic) bond motifs is 1. The fourth-order valence-electron chi connectivity index (χ4n) is 4.03. The molecule has 1 unspecified atom stereocenters. The summed E-state index contributed by atoms with van der Waals surface area (Å²) in [6.07, 6.45) is -0.139. The predicted molar refractivity (Wildman–Crippen MR) is 130 cm³/mol. The maximum Gasteiger partial charge on any atom is 0.274 e. The predicted octanol–water partition coefficient (Wildman–Crippen LogP) is 5.01. The van der Waals surface area contributed by atoms with Gasteiger partial charge in [0.25, 0.3) is 15.9 Å². The highest BCUT2D eigenvalue weighted by Gasteiger charge is 2.46. The molecule has 7 nitrogen and oxygen atoms in total. The van der Waals surface area contributed by atoms with Crippen LogP contribution in [-0.4, -0.2) is 34.6 Å². The van der Waals surface area contributed by atoms with Crippen molar-refractivity contribution >= 4 is 33.2 Å². The summed E-state index contributed by atoms with van der Waals surface area (Å²) in [5.74, 6) is -0.552. The normalized spacial score (nSPS) is 15.4. The number of ether oxygens (including phenoxy) is 3. The Hall–Kier alpha value is -3.23. The number of nitrogens with zero attached hydrogens (tertiary/aromatic N) is 1. The molecule has 4 rings (SSSR count). The summed E-state index contributed by atoms with van der Waals surface area (Å²) in [6, 6.07) is 16.1. The van der Waals surface area contributed by atoms with Gasteiger partial charge in [0.1, 0.15) is 22.1 Å². The summed E-state index contributed by atoms with van der Waals surface area (Å²) in [5.41, 5.74) is 1.27. The molecule has 34 heavy (non-hydrogen) atoms. The van der Waals surface area contributed by atoms with E-state index in [0.29, 0.717) is 27.6 Å². The minimum absolute atomic E-state index is 0.0645. The SMILES string of the molecule is COc1ccc(S(=O)(=O)N2C(=O)C(c3ccccc3OC(C)C)c3cc(Cl)ccc32)c(OC)c1. The maximum absolute atomic E-state index is 13.8. The highest BCUT2D eigenvalue weighted by molar-refractivity contribution is 7.93. The van der Waals surface area contributed by atoms with Gasteiger partial charge < -0.3 is 14.2 Å². The molecule has 1 atom stereocenters. The van der Waals surface area contributed by atoms with Crippen LogP contribution in [0.15, 0.2) is 65.6 Å². The van der Waals surface area contributed by atoms with E-state index in [0.717, 1.165) is 4.31 Å². The first-order valence-electron chi connectivity index (χ1n) is 10.5. The van der Waals surface area contributed by atoms with Gasteiger partial charge in [-0.2, -0.15) is 0 Å². The summed E-state index contributed by atoms with van der Waals surface area (Å²) < 4.78 is 44.9. The van der Waals surface area contributed by atoms with Crippen LogP contribution in [0.1, 0.15) is 30.9 Å². The highest BCUT2D eigenvalue weighted by atomic mass is 35.5. The van der Waals surface area contributed by atoms with E-state index in [-0.39, 0.29) is 22.4 Å². The minimum Gasteiger partial charge on any atom is -0.497 e. The first kappa shape index (κ1) is 23.9. The molecule has 0 fully saturated rings. The smallest absolute Gasteiger partial charge is 0.274 e. The second-order valence-corrected chi connectivity index (χ2v) is 10.2. The lowest BCUT2D eigenvalue weighted by Gasteiger charge is -2.21. The average Bonchev–Trinajstić information content (AvgIpc) is 3.10. The van der Waals surface area contributed by atoms with Gasteiger partial charge in [0, 0.05) is 16.7 Å². The number of amides is 1. The van der Waals surface area contributed by atoms with Crippen LogP contribution >= 0.6 is 11.6 Å². The van der Waals surface area contributed by atoms with Crippen LogP contribution in [0.3, 0.4) is 0 Å². The molecular formula is C25H24ClNO6S. The van der Waals surface area contributed by atoms with Crippen molar-refractivity contribution in [1.82, 2.24) is 0 Å². The van der Waals surface area contributed by atoms with Crippen LogP contribution in [0.5, 0.6) is 17.2 Å². The van der Waals surface area contributed by atoms with Gasteiger partial charge in [0.15, 0.2) is 0 Å². The summed E-state index contributed by atoms with van der Waals surface area (Å²) >= 11 is 6.26. The van der Waals surface area contributed by atoms with Crippen molar-refractivity contribution in [2.45, 2.75) is 30.8 Å². The van der Waals surface area contributed by atoms with Gasteiger partial charge in [0.2, 0.25) is 0 Å². The Labute approximate surface area is 203 Å². The Morgan fingerprint density at radius 2 is 1.65 bits per heavy atom. The number of anilines is 1. The molecule has 0 saturated carbocycles. The zero-order valence-corrected chi connectivity index (χ0v) is 20.7. The van der Waals surface area contributed by atoms with Crippen LogP contribution in [0.2, 0.25) is 5.02 Å². The number of halogens is 1. The summed E-state index contributed by atoms with van der Waals surface area (Å²) in [6.45, 7) is 3.76. The van der Waals surface area contributed by atoms with Gasteiger partial charge in [-0.05, 0) is 55.8 Å². The van der Waals surface area contributed by atoms with E-state index in [1.165, 1.54) is 38.5 Å². The van der Waals surface area contributed by atoms with Gasteiger partial charge in [-0.3, -0.25) is 4.79 Å². The van der Waals surface area contributed by atoms with E-state index >= 15 is 0 Å². The monoisotopic (exact) mass is 501 g/mol. The lowest BCUT2D eigenvalue weighted by atomic mass is 9.92. The zero-order valence-electron chi connectivity index (χ0n) is 19.1. The van der Waals surface area contributed by atoms with E-state index < -0.39 is 21.8 Å². The third-order valence-corrected chi connectivity index (χ3v) is 7.43. The summed E-state index contributed by atoms with van der Waals surface area (Å²) in [4.78, 5) is 13.7. The molecule has 1 amide bonds. The molecular weight excluding hydrogens is 478 g/mol. The first-order chi connectivity index (χ1) is 16.2. The Morgan fingerprint density at radius 3 is 2.32 bits per heavy atom. The van der Waals surface area contributed by atoms with E-state index in [4.69, 9.17) is 25.8 Å². The van der Waals surface area contributed by atoms with Crippen molar-refractivity contribution in [1.29, 1.82) is 0 Å². The number of para-hydroxylation sites is 1. The standard InChI is InChI=1S/C25H24ClNO6S/c1-15(2)33-21-8-6-5-7-18(21)24-19-13-16(26)9-11-20(19)27(25(24)28)34(29,30)23-12-10-17(31-3)14-22(23)32-4/h5-15,24H,1-4H3. The van der Waals surface area contributed by atoms with Crippen molar-refractivity contribution in [3.63, 3.8) is 0 Å². The first-order valence-corrected chi connectivity index (χ1v) is 12.4. The minimum atomic E-state index is -4.34. The Morgan fingerprint density at radius 1 is 0.912 bits per heavy atom. The van der Waals surface area contributed by atoms with E-state index in [1.54, 1.807) is 36.4 Å². The fourth-order valence-corrected chi connectivity index (χ4v) is 5.81. The molecule has 1 heterocycles. The molecule has 0 bridgehead atoms. The second-order valence-electron chi connectivity index (χ2n) is 7.97. The molecule has 178 valence electrons. The van der Waals surface area contributed by atoms with Crippen LogP contribution in [0.4, 0.5) is 5.69 Å². The van der Waals surface area contributed by atoms with Crippen LogP contribution < -0.4 is 18.5 Å². The number of rotatable bonds is 7. The topological polar surface area (TPSA) is 82.1 Å². The third-order valence-electron chi connectivity index (χ3n) is 5.45. The third kappa shape index (κ3) is 4.08. The number of benzene rings is 3. The molecule has 0 N–H and O–H groups in total. The lowest BCUT2D eigenvalue weighted by molar-refractivity contribution is -0.117. The quantitative estimate of drug-likeness (QED) is 0.452. The fraction of sp³-hybridized carbons (Fsp3) is 0.240. The van der Waals surface area contributed by atoms with Crippen molar-refractivity contribution in [2.75, 3.05) is 18.5 Å². The van der Waals surface area contributed by atoms with Gasteiger partial charge in [0.05, 0.1) is 31.9 Å². The summed E-state index contributed by atoms with van der Waals surface area (Å²) in [7, 11) is -1.52. The Kier molecular flexibility index (Phi) is 6.47. The van der Waals surface area contributed by atoms with Crippen LogP contribution in [0.25, 0.3) is 0 Å². The van der Waals surface area contributed by atoms with Gasteiger partial charge in [-0.25, -0.2) is 12.7 Å². The lowest BCUT2D eigenvalue weighted by Crippen LogP contribution is -2.35. The van der Waals surface area contributed by atoms with Gasteiger partial charge in [-0.1, -0.05) is 29.8 Å². The number of hydrogen-bond donors (Lipinski definition) is 0. The van der Waals surface area contributed by atoms with E-state index in [2.05, 4.69) is 0 Å². The largest absolute Gasteiger partial charge is 0.497 e. The Balaban J connectivity index is 1.90. The molecule has 1 aliphatic rings. The average molecular weight is 502 g/mol. The van der Waals surface area contributed by atoms with Crippen molar-refractivity contribution in [3.8, 4) is 17.2 Å². The number of carbonyl (C=O) groups is 1. The molecule has 1 aliphatic heterocycles. The number of sulfonamides is 1. The highest BCUT2D eigenvalue weighted by Crippen LogP contribution is 2.48. The zero-order chi connectivity index (χ0) is 24.6. The number of methoxy groups -OCH3 is 2. The second kappa shape index (κ2) is 9.19. The van der Waals surface area contributed by atoms with Crippen LogP contribution in [-0.2, 0) is 14.8 Å². The van der Waals surface area contributed by atoms with E-state index in [9.17, 15) is 13.2 Å². The van der Waals surface area contributed by atoms with Crippen molar-refractivity contribution in [3.05, 3.63) is 76.8 Å². The molecule has 3 aromatic rings. The molecule has 0 radical (unpaired) electrons. The molecule has 0 aliphatic carbocycles. The van der Waals surface area contributed by atoms with E-state index in [1.807, 2.05) is 13.8 Å². The van der Waals surface area contributed by atoms with Crippen molar-refractivity contribution < 1.29 is 27.4 Å². The molecule has 9 heteroatoms. The molecule has 0 saturated heterocycles. The van der Waals surface area contributed by atoms with Crippen LogP contribution in [0, 0.1) is 0 Å². The maximum atomic E-state index is 13.8. The Bertz CT molecular complexity index is 1360. The number of carbonyl (C=O) groups excluding carboxylic acids is 1. The van der Waals surface area contributed by atoms with Gasteiger partial charge in [-0.15, -0.1) is 0 Å².